The topological polar surface area (TPSA) is 50.4 Å². The van der Waals surface area contributed by atoms with Crippen LogP contribution in [0.2, 0.25) is 0 Å². The second-order valence-corrected chi connectivity index (χ2v) is 4.18. The number of carbonyl (C=O) groups excluding carboxylic acids is 1. The highest BCUT2D eigenvalue weighted by molar-refractivity contribution is 5.88. The Morgan fingerprint density at radius 3 is 2.89 bits per heavy atom. The first kappa shape index (κ1) is 14.7. The van der Waals surface area contributed by atoms with Crippen LogP contribution in [0.4, 0.5) is 5.69 Å². The Morgan fingerprint density at radius 2 is 2.22 bits per heavy atom. The minimum atomic E-state index is -0.0518. The Labute approximate surface area is 109 Å². The number of amides is 1. The van der Waals surface area contributed by atoms with Crippen LogP contribution < -0.4 is 10.6 Å². The predicted octanol–water partition coefficient (Wildman–Crippen LogP) is 2.33. The van der Waals surface area contributed by atoms with Crippen LogP contribution in [0.25, 0.3) is 0 Å². The maximum atomic E-state index is 11.0. The largest absolute Gasteiger partial charge is 0.380 e. The maximum Gasteiger partial charge on any atom is 0.221 e. The minimum Gasteiger partial charge on any atom is -0.380 e. The molecule has 0 spiro atoms. The second kappa shape index (κ2) is 7.84. The van der Waals surface area contributed by atoms with Gasteiger partial charge in [-0.15, -0.1) is 0 Å². The third-order valence-corrected chi connectivity index (χ3v) is 2.61. The van der Waals surface area contributed by atoms with Crippen molar-refractivity contribution in [2.24, 2.45) is 0 Å². The van der Waals surface area contributed by atoms with Crippen LogP contribution in [0.1, 0.15) is 32.4 Å². The summed E-state index contributed by atoms with van der Waals surface area (Å²) in [6, 6.07) is 8.10. The Kier molecular flexibility index (Phi) is 6.39. The van der Waals surface area contributed by atoms with E-state index in [9.17, 15) is 4.79 Å². The minimum absolute atomic E-state index is 0.0518. The standard InChI is InChI=1S/C14H22N2O2/c1-4-18-9-8-15-11(2)13-6-5-7-14(10-13)16-12(3)17/h5-7,10-11,15H,4,8-9H2,1-3H3,(H,16,17). The van der Waals surface area contributed by atoms with Crippen molar-refractivity contribution < 1.29 is 9.53 Å². The average molecular weight is 250 g/mol. The Hall–Kier alpha value is -1.39. The molecule has 18 heavy (non-hydrogen) atoms. The van der Waals surface area contributed by atoms with Crippen LogP contribution in [0.5, 0.6) is 0 Å². The molecule has 0 saturated heterocycles. The lowest BCUT2D eigenvalue weighted by atomic mass is 10.1. The molecule has 0 aliphatic rings. The molecule has 0 saturated carbocycles. The summed E-state index contributed by atoms with van der Waals surface area (Å²) in [4.78, 5) is 11.0. The summed E-state index contributed by atoms with van der Waals surface area (Å²) in [6.45, 7) is 7.87. The normalized spacial score (nSPS) is 12.2. The fourth-order valence-corrected chi connectivity index (χ4v) is 1.70. The van der Waals surface area contributed by atoms with Gasteiger partial charge in [-0.25, -0.2) is 0 Å². The average Bonchev–Trinajstić information content (AvgIpc) is 2.34. The molecule has 0 fully saturated rings. The molecule has 1 unspecified atom stereocenters. The molecule has 100 valence electrons. The first-order valence-electron chi connectivity index (χ1n) is 6.32. The molecule has 1 atom stereocenters. The van der Waals surface area contributed by atoms with Gasteiger partial charge in [-0.2, -0.15) is 0 Å². The molecule has 0 aromatic heterocycles. The van der Waals surface area contributed by atoms with E-state index in [-0.39, 0.29) is 11.9 Å². The molecular formula is C14H22N2O2. The van der Waals surface area contributed by atoms with E-state index in [2.05, 4.69) is 17.6 Å². The summed E-state index contributed by atoms with van der Waals surface area (Å²) in [6.07, 6.45) is 0. The highest BCUT2D eigenvalue weighted by atomic mass is 16.5. The van der Waals surface area contributed by atoms with E-state index in [4.69, 9.17) is 4.74 Å². The van der Waals surface area contributed by atoms with E-state index in [0.29, 0.717) is 6.61 Å². The highest BCUT2D eigenvalue weighted by Gasteiger charge is 2.05. The summed E-state index contributed by atoms with van der Waals surface area (Å²) in [7, 11) is 0. The lowest BCUT2D eigenvalue weighted by Crippen LogP contribution is -2.23. The lowest BCUT2D eigenvalue weighted by Gasteiger charge is -2.15. The number of anilines is 1. The Morgan fingerprint density at radius 1 is 1.44 bits per heavy atom. The third-order valence-electron chi connectivity index (χ3n) is 2.61. The molecule has 1 amide bonds. The quantitative estimate of drug-likeness (QED) is 0.730. The van der Waals surface area contributed by atoms with Gasteiger partial charge in [0, 0.05) is 31.8 Å². The van der Waals surface area contributed by atoms with Crippen LogP contribution in [0.3, 0.4) is 0 Å². The van der Waals surface area contributed by atoms with Crippen molar-refractivity contribution in [3.05, 3.63) is 29.8 Å². The van der Waals surface area contributed by atoms with Gasteiger partial charge in [0.25, 0.3) is 0 Å². The van der Waals surface area contributed by atoms with E-state index in [1.807, 2.05) is 31.2 Å². The first-order chi connectivity index (χ1) is 8.63. The molecule has 1 aromatic rings. The number of nitrogens with one attached hydrogen (secondary N) is 2. The molecule has 0 radical (unpaired) electrons. The number of rotatable bonds is 7. The maximum absolute atomic E-state index is 11.0. The van der Waals surface area contributed by atoms with Crippen molar-refractivity contribution in [1.82, 2.24) is 5.32 Å². The van der Waals surface area contributed by atoms with Gasteiger partial charge in [0.15, 0.2) is 0 Å². The number of ether oxygens (including phenoxy) is 1. The molecular weight excluding hydrogens is 228 g/mol. The number of hydrogen-bond donors (Lipinski definition) is 2. The molecule has 0 heterocycles. The van der Waals surface area contributed by atoms with Gasteiger partial charge in [-0.05, 0) is 31.5 Å². The number of benzene rings is 1. The summed E-state index contributed by atoms with van der Waals surface area (Å²) in [5.41, 5.74) is 1.98. The van der Waals surface area contributed by atoms with Gasteiger partial charge in [0.1, 0.15) is 0 Å². The van der Waals surface area contributed by atoms with Crippen LogP contribution in [0.15, 0.2) is 24.3 Å². The molecule has 4 nitrogen and oxygen atoms in total. The van der Waals surface area contributed by atoms with Crippen LogP contribution in [0, 0.1) is 0 Å². The fraction of sp³-hybridized carbons (Fsp3) is 0.500. The molecule has 0 aliphatic heterocycles. The van der Waals surface area contributed by atoms with Gasteiger partial charge in [0.05, 0.1) is 6.61 Å². The monoisotopic (exact) mass is 250 g/mol. The third kappa shape index (κ3) is 5.29. The zero-order valence-electron chi connectivity index (χ0n) is 11.3. The predicted molar refractivity (Wildman–Crippen MR) is 73.7 cm³/mol. The first-order valence-corrected chi connectivity index (χ1v) is 6.32. The second-order valence-electron chi connectivity index (χ2n) is 4.18. The zero-order chi connectivity index (χ0) is 13.4. The van der Waals surface area contributed by atoms with Crippen molar-refractivity contribution >= 4 is 11.6 Å². The smallest absolute Gasteiger partial charge is 0.221 e. The summed E-state index contributed by atoms with van der Waals surface area (Å²) >= 11 is 0. The van der Waals surface area contributed by atoms with Gasteiger partial charge < -0.3 is 15.4 Å². The van der Waals surface area contributed by atoms with Crippen molar-refractivity contribution in [2.45, 2.75) is 26.8 Å². The highest BCUT2D eigenvalue weighted by Crippen LogP contribution is 2.17. The summed E-state index contributed by atoms with van der Waals surface area (Å²) in [5, 5.41) is 6.16. The Bertz CT molecular complexity index is 380. The van der Waals surface area contributed by atoms with Crippen molar-refractivity contribution in [2.75, 3.05) is 25.1 Å². The molecule has 0 aliphatic carbocycles. The van der Waals surface area contributed by atoms with Crippen LogP contribution in [-0.2, 0) is 9.53 Å². The number of carbonyl (C=O) groups is 1. The lowest BCUT2D eigenvalue weighted by molar-refractivity contribution is -0.114. The van der Waals surface area contributed by atoms with Crippen molar-refractivity contribution in [3.8, 4) is 0 Å². The molecule has 1 aromatic carbocycles. The van der Waals surface area contributed by atoms with Gasteiger partial charge in [-0.3, -0.25) is 4.79 Å². The van der Waals surface area contributed by atoms with Crippen LogP contribution in [-0.4, -0.2) is 25.7 Å². The van der Waals surface area contributed by atoms with E-state index in [0.717, 1.165) is 24.4 Å². The summed E-state index contributed by atoms with van der Waals surface area (Å²) in [5.74, 6) is -0.0518. The summed E-state index contributed by atoms with van der Waals surface area (Å²) < 4.78 is 5.28. The van der Waals surface area contributed by atoms with Gasteiger partial charge in [-0.1, -0.05) is 12.1 Å². The van der Waals surface area contributed by atoms with Crippen molar-refractivity contribution in [1.29, 1.82) is 0 Å². The molecule has 2 N–H and O–H groups in total. The number of hydrogen-bond acceptors (Lipinski definition) is 3. The van der Waals surface area contributed by atoms with E-state index in [1.165, 1.54) is 6.92 Å². The molecule has 1 rings (SSSR count). The zero-order valence-corrected chi connectivity index (χ0v) is 11.3. The fourth-order valence-electron chi connectivity index (χ4n) is 1.70. The molecule has 4 heteroatoms. The Balaban J connectivity index is 2.51. The van der Waals surface area contributed by atoms with Crippen molar-refractivity contribution in [3.63, 3.8) is 0 Å². The van der Waals surface area contributed by atoms with Gasteiger partial charge >= 0.3 is 0 Å². The van der Waals surface area contributed by atoms with E-state index < -0.39 is 0 Å². The van der Waals surface area contributed by atoms with E-state index >= 15 is 0 Å². The van der Waals surface area contributed by atoms with Gasteiger partial charge in [0.2, 0.25) is 5.91 Å². The molecule has 0 bridgehead atoms. The van der Waals surface area contributed by atoms with Crippen LogP contribution >= 0.6 is 0 Å². The SMILES string of the molecule is CCOCCNC(C)c1cccc(NC(C)=O)c1. The van der Waals surface area contributed by atoms with E-state index in [1.54, 1.807) is 0 Å².